The predicted octanol–water partition coefficient (Wildman–Crippen LogP) is 2.91. The summed E-state index contributed by atoms with van der Waals surface area (Å²) in [7, 11) is -3.71. The van der Waals surface area contributed by atoms with E-state index in [1.807, 2.05) is 12.1 Å². The van der Waals surface area contributed by atoms with Crippen LogP contribution in [0.4, 0.5) is 15.8 Å². The Morgan fingerprint density at radius 3 is 2.08 bits per heavy atom. The molecule has 0 aromatic heterocycles. The minimum absolute atomic E-state index is 0.0409. The van der Waals surface area contributed by atoms with Gasteiger partial charge in [-0.3, -0.25) is 9.62 Å². The maximum absolute atomic E-state index is 13.0. The topological polar surface area (TPSA) is 52.7 Å². The van der Waals surface area contributed by atoms with E-state index in [0.717, 1.165) is 50.0 Å². The van der Waals surface area contributed by atoms with Crippen molar-refractivity contribution in [2.45, 2.75) is 23.8 Å². The fourth-order valence-corrected chi connectivity index (χ4v) is 4.41. The van der Waals surface area contributed by atoms with Gasteiger partial charge < -0.3 is 4.90 Å². The zero-order valence-corrected chi connectivity index (χ0v) is 15.3. The zero-order chi connectivity index (χ0) is 18.1. The first-order valence-electron chi connectivity index (χ1n) is 8.89. The number of anilines is 2. The molecule has 2 aliphatic rings. The third-order valence-electron chi connectivity index (χ3n) is 4.99. The van der Waals surface area contributed by atoms with E-state index in [0.29, 0.717) is 5.69 Å². The Morgan fingerprint density at radius 2 is 1.50 bits per heavy atom. The van der Waals surface area contributed by atoms with Gasteiger partial charge in [0.2, 0.25) is 0 Å². The van der Waals surface area contributed by atoms with Gasteiger partial charge in [-0.05, 0) is 61.4 Å². The molecule has 4 rings (SSSR count). The van der Waals surface area contributed by atoms with E-state index in [1.54, 1.807) is 12.1 Å². The lowest BCUT2D eigenvalue weighted by atomic mass is 10.2. The molecule has 0 atom stereocenters. The van der Waals surface area contributed by atoms with Crippen LogP contribution in [0.25, 0.3) is 0 Å². The van der Waals surface area contributed by atoms with Gasteiger partial charge in [0, 0.05) is 43.6 Å². The number of piperazine rings is 1. The van der Waals surface area contributed by atoms with Gasteiger partial charge in [-0.15, -0.1) is 0 Å². The van der Waals surface area contributed by atoms with Crippen molar-refractivity contribution in [1.29, 1.82) is 0 Å². The Bertz CT molecular complexity index is 857. The number of nitrogens with zero attached hydrogens (tertiary/aromatic N) is 2. The molecule has 0 amide bonds. The number of nitrogens with one attached hydrogen (secondary N) is 1. The molecule has 0 bridgehead atoms. The van der Waals surface area contributed by atoms with Gasteiger partial charge >= 0.3 is 0 Å². The van der Waals surface area contributed by atoms with E-state index in [1.165, 1.54) is 25.0 Å². The first kappa shape index (κ1) is 17.3. The second-order valence-corrected chi connectivity index (χ2v) is 8.54. The van der Waals surface area contributed by atoms with Gasteiger partial charge in [-0.25, -0.2) is 12.8 Å². The van der Waals surface area contributed by atoms with Crippen LogP contribution in [0.15, 0.2) is 53.4 Å². The van der Waals surface area contributed by atoms with Gasteiger partial charge in [-0.2, -0.15) is 0 Å². The summed E-state index contributed by atoms with van der Waals surface area (Å²) < 4.78 is 40.2. The molecular weight excluding hydrogens is 353 g/mol. The molecule has 7 heteroatoms. The first-order valence-corrected chi connectivity index (χ1v) is 10.4. The van der Waals surface area contributed by atoms with Gasteiger partial charge in [0.1, 0.15) is 5.82 Å². The number of hydrogen-bond acceptors (Lipinski definition) is 4. The number of halogens is 1. The van der Waals surface area contributed by atoms with Crippen molar-refractivity contribution in [2.75, 3.05) is 35.8 Å². The second-order valence-electron chi connectivity index (χ2n) is 6.86. The third kappa shape index (κ3) is 3.83. The van der Waals surface area contributed by atoms with Crippen LogP contribution in [0.2, 0.25) is 0 Å². The molecule has 26 heavy (non-hydrogen) atoms. The normalized spacial score (nSPS) is 18.7. The molecule has 1 aliphatic heterocycles. The largest absolute Gasteiger partial charge is 0.369 e. The van der Waals surface area contributed by atoms with Crippen molar-refractivity contribution in [3.8, 4) is 0 Å². The van der Waals surface area contributed by atoms with E-state index in [-0.39, 0.29) is 4.90 Å². The maximum Gasteiger partial charge on any atom is 0.261 e. The van der Waals surface area contributed by atoms with Crippen LogP contribution < -0.4 is 9.62 Å². The molecule has 1 heterocycles. The van der Waals surface area contributed by atoms with Crippen LogP contribution in [0.3, 0.4) is 0 Å². The van der Waals surface area contributed by atoms with Crippen LogP contribution in [0, 0.1) is 5.82 Å². The molecule has 1 aliphatic carbocycles. The molecule has 2 aromatic rings. The Morgan fingerprint density at radius 1 is 0.885 bits per heavy atom. The van der Waals surface area contributed by atoms with Crippen LogP contribution in [-0.2, 0) is 10.0 Å². The summed E-state index contributed by atoms with van der Waals surface area (Å²) in [6.45, 7) is 4.17. The molecule has 5 nitrogen and oxygen atoms in total. The second kappa shape index (κ2) is 6.89. The van der Waals surface area contributed by atoms with E-state index in [9.17, 15) is 12.8 Å². The summed E-state index contributed by atoms with van der Waals surface area (Å²) in [6, 6.07) is 13.0. The van der Waals surface area contributed by atoms with E-state index >= 15 is 0 Å². The molecule has 0 unspecified atom stereocenters. The minimum Gasteiger partial charge on any atom is -0.369 e. The number of rotatable bonds is 5. The summed E-state index contributed by atoms with van der Waals surface area (Å²) >= 11 is 0. The van der Waals surface area contributed by atoms with Crippen molar-refractivity contribution >= 4 is 21.4 Å². The van der Waals surface area contributed by atoms with Crippen molar-refractivity contribution in [3.05, 3.63) is 54.3 Å². The average molecular weight is 375 g/mol. The van der Waals surface area contributed by atoms with Crippen molar-refractivity contribution in [2.24, 2.45) is 0 Å². The predicted molar refractivity (Wildman–Crippen MR) is 100 cm³/mol. The van der Waals surface area contributed by atoms with Gasteiger partial charge in [0.05, 0.1) is 4.90 Å². The van der Waals surface area contributed by atoms with Gasteiger partial charge in [0.25, 0.3) is 10.0 Å². The fourth-order valence-electron chi connectivity index (χ4n) is 3.35. The van der Waals surface area contributed by atoms with E-state index in [2.05, 4.69) is 14.5 Å². The highest BCUT2D eigenvalue weighted by molar-refractivity contribution is 7.92. The molecule has 138 valence electrons. The Hall–Kier alpha value is -2.12. The van der Waals surface area contributed by atoms with Crippen LogP contribution >= 0.6 is 0 Å². The highest BCUT2D eigenvalue weighted by Crippen LogP contribution is 2.29. The minimum atomic E-state index is -3.71. The quantitative estimate of drug-likeness (QED) is 0.873. The lowest BCUT2D eigenvalue weighted by molar-refractivity contribution is 0.248. The first-order chi connectivity index (χ1) is 12.5. The molecular formula is C19H22FN3O2S. The Kier molecular flexibility index (Phi) is 4.58. The molecule has 2 aromatic carbocycles. The summed E-state index contributed by atoms with van der Waals surface area (Å²) in [6.07, 6.45) is 2.67. The summed E-state index contributed by atoms with van der Waals surface area (Å²) in [5, 5.41) is 0. The number of benzene rings is 2. The van der Waals surface area contributed by atoms with Crippen LogP contribution in [-0.4, -0.2) is 45.5 Å². The molecule has 0 radical (unpaired) electrons. The maximum atomic E-state index is 13.0. The third-order valence-corrected chi connectivity index (χ3v) is 6.38. The van der Waals surface area contributed by atoms with Crippen molar-refractivity contribution < 1.29 is 12.8 Å². The molecule has 1 saturated heterocycles. The average Bonchev–Trinajstić information content (AvgIpc) is 3.48. The monoisotopic (exact) mass is 375 g/mol. The fraction of sp³-hybridized carbons (Fsp3) is 0.368. The summed E-state index contributed by atoms with van der Waals surface area (Å²) in [4.78, 5) is 4.93. The van der Waals surface area contributed by atoms with Gasteiger partial charge in [0.15, 0.2) is 0 Å². The SMILES string of the molecule is O=S(=O)(Nc1ccc(N2CCN(C3CC3)CC2)cc1)c1ccc(F)cc1. The molecule has 1 N–H and O–H groups in total. The molecule has 1 saturated carbocycles. The lowest BCUT2D eigenvalue weighted by Crippen LogP contribution is -2.47. The number of hydrogen-bond donors (Lipinski definition) is 1. The standard InChI is InChI=1S/C19H22FN3O2S/c20-15-1-9-19(10-2-15)26(24,25)21-16-3-5-17(6-4-16)22-11-13-23(14-12-22)18-7-8-18/h1-6,9-10,18,21H,7-8,11-14H2. The summed E-state index contributed by atoms with van der Waals surface area (Å²) in [5.41, 5.74) is 1.60. The van der Waals surface area contributed by atoms with Gasteiger partial charge in [-0.1, -0.05) is 0 Å². The molecule has 2 fully saturated rings. The van der Waals surface area contributed by atoms with E-state index in [4.69, 9.17) is 0 Å². The molecule has 0 spiro atoms. The zero-order valence-electron chi connectivity index (χ0n) is 14.4. The van der Waals surface area contributed by atoms with Crippen LogP contribution in [0.5, 0.6) is 0 Å². The Labute approximate surface area is 153 Å². The highest BCUT2D eigenvalue weighted by Gasteiger charge is 2.31. The van der Waals surface area contributed by atoms with Crippen molar-refractivity contribution in [1.82, 2.24) is 4.90 Å². The van der Waals surface area contributed by atoms with E-state index < -0.39 is 15.8 Å². The number of sulfonamides is 1. The lowest BCUT2D eigenvalue weighted by Gasteiger charge is -2.36. The van der Waals surface area contributed by atoms with Crippen LogP contribution in [0.1, 0.15) is 12.8 Å². The summed E-state index contributed by atoms with van der Waals surface area (Å²) in [5.74, 6) is -0.463. The highest BCUT2D eigenvalue weighted by atomic mass is 32.2. The smallest absolute Gasteiger partial charge is 0.261 e. The van der Waals surface area contributed by atoms with Crippen molar-refractivity contribution in [3.63, 3.8) is 0 Å². The Balaban J connectivity index is 1.40.